The summed E-state index contributed by atoms with van der Waals surface area (Å²) >= 11 is 0. The Bertz CT molecular complexity index is 520. The Kier molecular flexibility index (Phi) is 5.36. The van der Waals surface area contributed by atoms with Gasteiger partial charge in [0.15, 0.2) is 0 Å². The Hall–Kier alpha value is -1.87. The summed E-state index contributed by atoms with van der Waals surface area (Å²) in [7, 11) is 3.04. The minimum Gasteiger partial charge on any atom is -0.497 e. The summed E-state index contributed by atoms with van der Waals surface area (Å²) in [6, 6.07) is 4.53. The number of aliphatic hydroxyl groups excluding tert-OH is 1. The number of hydrogen-bond acceptors (Lipinski definition) is 4. The number of nitrogens with zero attached hydrogens (tertiary/aromatic N) is 1. The lowest BCUT2D eigenvalue weighted by Gasteiger charge is -2.33. The molecule has 1 aromatic carbocycles. The van der Waals surface area contributed by atoms with Crippen LogP contribution in [-0.4, -0.2) is 49.2 Å². The molecule has 22 heavy (non-hydrogen) atoms. The van der Waals surface area contributed by atoms with Crippen LogP contribution in [0.1, 0.15) is 11.7 Å². The highest BCUT2D eigenvalue weighted by atomic mass is 19.4. The molecule has 0 unspecified atom stereocenters. The Morgan fingerprint density at radius 2 is 1.68 bits per heavy atom. The number of benzene rings is 1. The van der Waals surface area contributed by atoms with Crippen LogP contribution >= 0.6 is 0 Å². The largest absolute Gasteiger partial charge is 0.497 e. The SMILES string of the molecule is COc1ccc([C@@H](O)[C@](F)(C(=O)N(C)OC)C(F)(F)F)cc1. The van der Waals surface area contributed by atoms with Crippen LogP contribution in [0.15, 0.2) is 24.3 Å². The van der Waals surface area contributed by atoms with Crippen LogP contribution in [0, 0.1) is 0 Å². The van der Waals surface area contributed by atoms with Gasteiger partial charge in [-0.1, -0.05) is 12.1 Å². The lowest BCUT2D eigenvalue weighted by molar-refractivity contribution is -0.269. The Morgan fingerprint density at radius 1 is 1.18 bits per heavy atom. The van der Waals surface area contributed by atoms with Crippen LogP contribution in [-0.2, 0) is 9.63 Å². The van der Waals surface area contributed by atoms with Crippen molar-refractivity contribution in [3.05, 3.63) is 29.8 Å². The van der Waals surface area contributed by atoms with Crippen LogP contribution in [0.2, 0.25) is 0 Å². The maximum atomic E-state index is 14.5. The van der Waals surface area contributed by atoms with E-state index in [-0.39, 0.29) is 5.06 Å². The van der Waals surface area contributed by atoms with Gasteiger partial charge < -0.3 is 9.84 Å². The number of rotatable bonds is 5. The van der Waals surface area contributed by atoms with Crippen LogP contribution in [0.5, 0.6) is 5.75 Å². The molecule has 0 bridgehead atoms. The Morgan fingerprint density at radius 3 is 2.05 bits per heavy atom. The number of carbonyl (C=O) groups is 1. The van der Waals surface area contributed by atoms with Crippen molar-refractivity contribution in [2.24, 2.45) is 0 Å². The van der Waals surface area contributed by atoms with E-state index in [1.54, 1.807) is 0 Å². The van der Waals surface area contributed by atoms with Gasteiger partial charge in [-0.25, -0.2) is 9.45 Å². The smallest absolute Gasteiger partial charge is 0.434 e. The molecule has 0 aliphatic rings. The molecule has 0 aromatic heterocycles. The Labute approximate surface area is 124 Å². The zero-order valence-electron chi connectivity index (χ0n) is 12.0. The van der Waals surface area contributed by atoms with Crippen molar-refractivity contribution >= 4 is 5.91 Å². The third kappa shape index (κ3) is 3.14. The third-order valence-corrected chi connectivity index (χ3v) is 3.09. The summed E-state index contributed by atoms with van der Waals surface area (Å²) in [6.07, 6.45) is -8.40. The second kappa shape index (κ2) is 6.49. The van der Waals surface area contributed by atoms with Gasteiger partial charge in [0.2, 0.25) is 0 Å². The second-order valence-electron chi connectivity index (χ2n) is 4.37. The van der Waals surface area contributed by atoms with Crippen molar-refractivity contribution in [2.75, 3.05) is 21.3 Å². The summed E-state index contributed by atoms with van der Waals surface area (Å²) < 4.78 is 58.5. The minimum absolute atomic E-state index is 0.0697. The predicted octanol–water partition coefficient (Wildman–Crippen LogP) is 2.02. The van der Waals surface area contributed by atoms with E-state index in [1.165, 1.54) is 19.2 Å². The second-order valence-corrected chi connectivity index (χ2v) is 4.37. The number of hydroxylamine groups is 2. The van der Waals surface area contributed by atoms with Crippen molar-refractivity contribution in [3.63, 3.8) is 0 Å². The van der Waals surface area contributed by atoms with Gasteiger partial charge >= 0.3 is 11.8 Å². The van der Waals surface area contributed by atoms with E-state index >= 15 is 0 Å². The van der Waals surface area contributed by atoms with Crippen molar-refractivity contribution in [1.82, 2.24) is 5.06 Å². The van der Waals surface area contributed by atoms with Crippen LogP contribution in [0.3, 0.4) is 0 Å². The molecular formula is C13H15F4NO4. The molecule has 0 aliphatic heterocycles. The summed E-state index contributed by atoms with van der Waals surface area (Å²) in [5, 5.41) is 9.88. The van der Waals surface area contributed by atoms with Gasteiger partial charge in [0.05, 0.1) is 14.2 Å². The topological polar surface area (TPSA) is 59.0 Å². The fourth-order valence-corrected chi connectivity index (χ4v) is 1.72. The number of amides is 1. The fraction of sp³-hybridized carbons (Fsp3) is 0.462. The average molecular weight is 325 g/mol. The van der Waals surface area contributed by atoms with E-state index in [0.717, 1.165) is 26.3 Å². The van der Waals surface area contributed by atoms with Crippen molar-refractivity contribution in [2.45, 2.75) is 17.9 Å². The third-order valence-electron chi connectivity index (χ3n) is 3.09. The van der Waals surface area contributed by atoms with E-state index < -0.39 is 29.4 Å². The molecular weight excluding hydrogens is 310 g/mol. The molecule has 9 heteroatoms. The summed E-state index contributed by atoms with van der Waals surface area (Å²) in [4.78, 5) is 16.0. The van der Waals surface area contributed by atoms with Gasteiger partial charge in [-0.3, -0.25) is 9.63 Å². The first-order chi connectivity index (χ1) is 10.1. The lowest BCUT2D eigenvalue weighted by atomic mass is 9.91. The number of methoxy groups -OCH3 is 1. The van der Waals surface area contributed by atoms with E-state index in [4.69, 9.17) is 4.74 Å². The molecule has 1 rings (SSSR count). The first kappa shape index (κ1) is 18.2. The standard InChI is InChI=1S/C13H15F4NO4/c1-18(22-3)11(20)12(14,13(15,16)17)10(19)8-4-6-9(21-2)7-5-8/h4-7,10,19H,1-3H3/t10-,12+/m1/s1. The lowest BCUT2D eigenvalue weighted by Crippen LogP contribution is -2.57. The van der Waals surface area contributed by atoms with Crippen LogP contribution in [0.25, 0.3) is 0 Å². The zero-order chi connectivity index (χ0) is 17.1. The number of alkyl halides is 4. The first-order valence-corrected chi connectivity index (χ1v) is 5.99. The molecule has 0 saturated heterocycles. The molecule has 2 atom stereocenters. The highest BCUT2D eigenvalue weighted by Crippen LogP contribution is 2.44. The number of carbonyl (C=O) groups excluding carboxylic acids is 1. The first-order valence-electron chi connectivity index (χ1n) is 5.99. The Balaban J connectivity index is 3.29. The predicted molar refractivity (Wildman–Crippen MR) is 67.6 cm³/mol. The van der Waals surface area contributed by atoms with E-state index in [1.807, 2.05) is 0 Å². The van der Waals surface area contributed by atoms with Gasteiger partial charge in [-0.05, 0) is 17.7 Å². The highest BCUT2D eigenvalue weighted by molar-refractivity contribution is 5.86. The van der Waals surface area contributed by atoms with Gasteiger partial charge in [0.1, 0.15) is 11.9 Å². The molecule has 0 aliphatic carbocycles. The summed E-state index contributed by atoms with van der Waals surface area (Å²) in [5.74, 6) is -1.77. The molecule has 1 N–H and O–H groups in total. The molecule has 1 amide bonds. The number of hydrogen-bond donors (Lipinski definition) is 1. The maximum absolute atomic E-state index is 14.5. The molecule has 124 valence electrons. The molecule has 1 aromatic rings. The molecule has 0 fully saturated rings. The van der Waals surface area contributed by atoms with E-state index in [9.17, 15) is 27.5 Å². The number of aliphatic hydroxyl groups is 1. The molecule has 0 heterocycles. The monoisotopic (exact) mass is 325 g/mol. The van der Waals surface area contributed by atoms with Crippen molar-refractivity contribution in [3.8, 4) is 5.75 Å². The number of ether oxygens (including phenoxy) is 1. The number of halogens is 4. The zero-order valence-corrected chi connectivity index (χ0v) is 12.0. The van der Waals surface area contributed by atoms with E-state index in [0.29, 0.717) is 5.75 Å². The summed E-state index contributed by atoms with van der Waals surface area (Å²) in [5.41, 5.74) is -4.98. The van der Waals surface area contributed by atoms with Gasteiger partial charge in [0, 0.05) is 7.05 Å². The van der Waals surface area contributed by atoms with Crippen LogP contribution in [0.4, 0.5) is 17.6 Å². The molecule has 0 saturated carbocycles. The quantitative estimate of drug-likeness (QED) is 0.665. The molecule has 5 nitrogen and oxygen atoms in total. The van der Waals surface area contributed by atoms with E-state index in [2.05, 4.69) is 4.84 Å². The summed E-state index contributed by atoms with van der Waals surface area (Å²) in [6.45, 7) is 0. The average Bonchev–Trinajstić information content (AvgIpc) is 2.50. The minimum atomic E-state index is -5.64. The fourth-order valence-electron chi connectivity index (χ4n) is 1.72. The van der Waals surface area contributed by atoms with Crippen LogP contribution < -0.4 is 4.74 Å². The molecule has 0 spiro atoms. The highest BCUT2D eigenvalue weighted by Gasteiger charge is 2.67. The molecule has 0 radical (unpaired) electrons. The normalized spacial score (nSPS) is 15.8. The van der Waals surface area contributed by atoms with Crippen molar-refractivity contribution < 1.29 is 37.0 Å². The van der Waals surface area contributed by atoms with Crippen molar-refractivity contribution in [1.29, 1.82) is 0 Å². The van der Waals surface area contributed by atoms with Gasteiger partial charge in [0.25, 0.3) is 5.91 Å². The van der Waals surface area contributed by atoms with Gasteiger partial charge in [-0.15, -0.1) is 0 Å². The maximum Gasteiger partial charge on any atom is 0.434 e. The van der Waals surface area contributed by atoms with Gasteiger partial charge in [-0.2, -0.15) is 13.2 Å².